The monoisotopic (exact) mass is 628 g/mol. The summed E-state index contributed by atoms with van der Waals surface area (Å²) in [6.45, 7) is 6.35. The van der Waals surface area contributed by atoms with E-state index in [-0.39, 0.29) is 36.2 Å². The second-order valence-electron chi connectivity index (χ2n) is 11.7. The van der Waals surface area contributed by atoms with Gasteiger partial charge in [0, 0.05) is 37.7 Å². The van der Waals surface area contributed by atoms with Crippen LogP contribution >= 0.6 is 0 Å². The van der Waals surface area contributed by atoms with Crippen LogP contribution in [0, 0.1) is 5.92 Å². The predicted molar refractivity (Wildman–Crippen MR) is 173 cm³/mol. The van der Waals surface area contributed by atoms with E-state index in [2.05, 4.69) is 22.6 Å². The lowest BCUT2D eigenvalue weighted by Crippen LogP contribution is -2.47. The van der Waals surface area contributed by atoms with E-state index < -0.39 is 16.3 Å². The standard InChI is InChI=1S/C36H40N2O6S/c1-26-34(24-38-17-19-42-20-18-38)43-36(44-35(26)29-15-13-27(25-39)14-16-29)32-10-6-9-31(22-32)30-8-5-7-28(21-30)23-37-45(40,41)33-11-3-2-4-12-33/h2-16,21-22,26,34-37,39H,17-20,23-25H2,1H3/t26-,34+,35+,36+/m1/s1. The lowest BCUT2D eigenvalue weighted by atomic mass is 9.89. The van der Waals surface area contributed by atoms with E-state index in [1.54, 1.807) is 30.3 Å². The molecule has 0 spiro atoms. The summed E-state index contributed by atoms with van der Waals surface area (Å²) in [5, 5.41) is 9.56. The van der Waals surface area contributed by atoms with Crippen molar-refractivity contribution in [3.8, 4) is 11.1 Å². The molecule has 2 fully saturated rings. The van der Waals surface area contributed by atoms with E-state index in [0.717, 1.165) is 66.2 Å². The Balaban J connectivity index is 1.23. The Bertz CT molecular complexity index is 1660. The molecule has 4 aromatic rings. The third kappa shape index (κ3) is 7.70. The highest BCUT2D eigenvalue weighted by Crippen LogP contribution is 2.42. The maximum atomic E-state index is 12.8. The van der Waals surface area contributed by atoms with Gasteiger partial charge in [0.15, 0.2) is 6.29 Å². The average molecular weight is 629 g/mol. The molecule has 2 saturated heterocycles. The van der Waals surface area contributed by atoms with Gasteiger partial charge < -0.3 is 19.3 Å². The molecule has 236 valence electrons. The van der Waals surface area contributed by atoms with Gasteiger partial charge in [0.25, 0.3) is 0 Å². The predicted octanol–water partition coefficient (Wildman–Crippen LogP) is 5.45. The molecule has 0 bridgehead atoms. The van der Waals surface area contributed by atoms with Crippen LogP contribution in [0.5, 0.6) is 0 Å². The van der Waals surface area contributed by atoms with Crippen LogP contribution in [-0.2, 0) is 37.4 Å². The van der Waals surface area contributed by atoms with Gasteiger partial charge in [-0.25, -0.2) is 13.1 Å². The van der Waals surface area contributed by atoms with Crippen LogP contribution in [-0.4, -0.2) is 57.4 Å². The number of sulfonamides is 1. The van der Waals surface area contributed by atoms with Crippen LogP contribution in [0.15, 0.2) is 108 Å². The zero-order chi connectivity index (χ0) is 31.2. The Morgan fingerprint density at radius 3 is 2.24 bits per heavy atom. The van der Waals surface area contributed by atoms with Crippen molar-refractivity contribution in [1.82, 2.24) is 9.62 Å². The topological polar surface area (TPSA) is 97.3 Å². The quantitative estimate of drug-likeness (QED) is 0.241. The largest absolute Gasteiger partial charge is 0.392 e. The molecule has 2 N–H and O–H groups in total. The van der Waals surface area contributed by atoms with Crippen molar-refractivity contribution in [2.24, 2.45) is 5.92 Å². The Morgan fingerprint density at radius 1 is 0.800 bits per heavy atom. The average Bonchev–Trinajstić information content (AvgIpc) is 3.09. The third-order valence-electron chi connectivity index (χ3n) is 8.60. The molecule has 8 nitrogen and oxygen atoms in total. The third-order valence-corrected chi connectivity index (χ3v) is 10.0. The molecule has 0 aromatic heterocycles. The van der Waals surface area contributed by atoms with Crippen molar-refractivity contribution in [2.45, 2.75) is 43.5 Å². The molecule has 6 rings (SSSR count). The highest BCUT2D eigenvalue weighted by atomic mass is 32.2. The van der Waals surface area contributed by atoms with E-state index in [9.17, 15) is 13.5 Å². The van der Waals surface area contributed by atoms with Crippen molar-refractivity contribution in [1.29, 1.82) is 0 Å². The SMILES string of the molecule is C[C@@H]1[C@H](CN2CCOCC2)O[C@H](c2cccc(-c3cccc(CNS(=O)(=O)c4ccccc4)c3)c2)O[C@@H]1c1ccc(CO)cc1. The lowest BCUT2D eigenvalue weighted by molar-refractivity contribution is -0.277. The summed E-state index contributed by atoms with van der Waals surface area (Å²) in [7, 11) is -3.62. The van der Waals surface area contributed by atoms with Gasteiger partial charge in [-0.2, -0.15) is 0 Å². The zero-order valence-corrected chi connectivity index (χ0v) is 26.2. The molecule has 45 heavy (non-hydrogen) atoms. The number of rotatable bonds is 10. The van der Waals surface area contributed by atoms with E-state index >= 15 is 0 Å². The van der Waals surface area contributed by atoms with E-state index in [0.29, 0.717) is 0 Å². The fraction of sp³-hybridized carbons (Fsp3) is 0.333. The fourth-order valence-corrected chi connectivity index (χ4v) is 6.99. The normalized spacial score (nSPS) is 22.7. The summed E-state index contributed by atoms with van der Waals surface area (Å²) in [4.78, 5) is 2.64. The second kappa shape index (κ2) is 14.3. The van der Waals surface area contributed by atoms with Crippen molar-refractivity contribution in [2.75, 3.05) is 32.8 Å². The molecule has 0 saturated carbocycles. The molecular formula is C36H40N2O6S. The molecule has 2 aliphatic heterocycles. The number of aliphatic hydroxyl groups is 1. The van der Waals surface area contributed by atoms with Gasteiger partial charge in [0.1, 0.15) is 0 Å². The molecule has 0 radical (unpaired) electrons. The number of benzene rings is 4. The van der Waals surface area contributed by atoms with Crippen molar-refractivity contribution < 1.29 is 27.7 Å². The minimum Gasteiger partial charge on any atom is -0.392 e. The van der Waals surface area contributed by atoms with Crippen LogP contribution in [0.3, 0.4) is 0 Å². The van der Waals surface area contributed by atoms with Crippen LogP contribution in [0.25, 0.3) is 11.1 Å². The highest BCUT2D eigenvalue weighted by molar-refractivity contribution is 7.89. The van der Waals surface area contributed by atoms with Gasteiger partial charge in [0.2, 0.25) is 10.0 Å². The summed E-state index contributed by atoms with van der Waals surface area (Å²) < 4.78 is 47.2. The summed E-state index contributed by atoms with van der Waals surface area (Å²) >= 11 is 0. The summed E-state index contributed by atoms with van der Waals surface area (Å²) in [5.74, 6) is 0.101. The van der Waals surface area contributed by atoms with Gasteiger partial charge >= 0.3 is 0 Å². The first-order valence-corrected chi connectivity index (χ1v) is 16.9. The number of morpholine rings is 1. The Hall–Kier alpha value is -3.41. The molecule has 2 aliphatic rings. The van der Waals surface area contributed by atoms with Crippen molar-refractivity contribution in [3.63, 3.8) is 0 Å². The van der Waals surface area contributed by atoms with E-state index in [4.69, 9.17) is 14.2 Å². The van der Waals surface area contributed by atoms with Gasteiger partial charge in [-0.3, -0.25) is 4.90 Å². The van der Waals surface area contributed by atoms with Gasteiger partial charge in [0.05, 0.1) is 36.9 Å². The molecule has 0 unspecified atom stereocenters. The second-order valence-corrected chi connectivity index (χ2v) is 13.5. The molecular weight excluding hydrogens is 588 g/mol. The van der Waals surface area contributed by atoms with Gasteiger partial charge in [-0.15, -0.1) is 0 Å². The fourth-order valence-electron chi connectivity index (χ4n) is 5.95. The molecule has 0 amide bonds. The van der Waals surface area contributed by atoms with Crippen LogP contribution < -0.4 is 4.72 Å². The summed E-state index contributed by atoms with van der Waals surface area (Å²) in [6, 6.07) is 32.4. The number of hydrogen-bond acceptors (Lipinski definition) is 7. The lowest BCUT2D eigenvalue weighted by Gasteiger charge is -2.43. The first-order valence-electron chi connectivity index (χ1n) is 15.4. The van der Waals surface area contributed by atoms with Crippen LogP contribution in [0.4, 0.5) is 0 Å². The van der Waals surface area contributed by atoms with E-state index in [1.807, 2.05) is 66.7 Å². The number of nitrogens with zero attached hydrogens (tertiary/aromatic N) is 1. The summed E-state index contributed by atoms with van der Waals surface area (Å²) in [5.41, 5.74) is 5.65. The highest BCUT2D eigenvalue weighted by Gasteiger charge is 2.39. The summed E-state index contributed by atoms with van der Waals surface area (Å²) in [6.07, 6.45) is -0.822. The smallest absolute Gasteiger partial charge is 0.240 e. The van der Waals surface area contributed by atoms with Crippen molar-refractivity contribution >= 4 is 10.0 Å². The van der Waals surface area contributed by atoms with Crippen molar-refractivity contribution in [3.05, 3.63) is 125 Å². The molecule has 9 heteroatoms. The maximum absolute atomic E-state index is 12.8. The Labute approximate surface area is 265 Å². The van der Waals surface area contributed by atoms with Crippen LogP contribution in [0.1, 0.15) is 41.6 Å². The Morgan fingerprint density at radius 2 is 1.51 bits per heavy atom. The molecule has 2 heterocycles. The van der Waals surface area contributed by atoms with E-state index in [1.165, 1.54) is 0 Å². The number of ether oxygens (including phenoxy) is 3. The minimum absolute atomic E-state index is 0.000354. The Kier molecular flexibility index (Phi) is 10.1. The molecule has 4 aromatic carbocycles. The van der Waals surface area contributed by atoms with Gasteiger partial charge in [-0.05, 0) is 52.1 Å². The maximum Gasteiger partial charge on any atom is 0.240 e. The number of hydrogen-bond donors (Lipinski definition) is 2. The molecule has 0 aliphatic carbocycles. The first-order chi connectivity index (χ1) is 21.9. The molecule has 4 atom stereocenters. The zero-order valence-electron chi connectivity index (χ0n) is 25.4. The van der Waals surface area contributed by atoms with Crippen LogP contribution in [0.2, 0.25) is 0 Å². The van der Waals surface area contributed by atoms with Gasteiger partial charge in [-0.1, -0.05) is 85.8 Å². The first kappa shape index (κ1) is 31.6. The minimum atomic E-state index is -3.62. The number of aliphatic hydroxyl groups excluding tert-OH is 1. The number of nitrogens with one attached hydrogen (secondary N) is 1.